The predicted octanol–water partition coefficient (Wildman–Crippen LogP) is 2.13. The summed E-state index contributed by atoms with van der Waals surface area (Å²) in [6, 6.07) is 5.18. The molecule has 0 spiro atoms. The van der Waals surface area contributed by atoms with Gasteiger partial charge in [-0.25, -0.2) is 19.7 Å². The molecule has 3 heterocycles. The molecule has 10 heteroatoms. The molecule has 3 aromatic heterocycles. The van der Waals surface area contributed by atoms with E-state index in [0.717, 1.165) is 12.8 Å². The molecule has 8 nitrogen and oxygen atoms in total. The van der Waals surface area contributed by atoms with E-state index in [9.17, 15) is 10.1 Å². The molecule has 0 atom stereocenters. The van der Waals surface area contributed by atoms with Crippen molar-refractivity contribution in [3.63, 3.8) is 0 Å². The maximum Gasteiger partial charge on any atom is 0.325 e. The zero-order chi connectivity index (χ0) is 19.0. The van der Waals surface area contributed by atoms with Gasteiger partial charge in [-0.1, -0.05) is 24.4 Å². The zero-order valence-corrected chi connectivity index (χ0v) is 14.7. The third-order valence-electron chi connectivity index (χ3n) is 4.42. The van der Waals surface area contributed by atoms with Crippen LogP contribution in [0.2, 0.25) is 10.8 Å². The van der Waals surface area contributed by atoms with E-state index >= 15 is 0 Å². The highest BCUT2D eigenvalue weighted by atomic mass is 35.5. The van der Waals surface area contributed by atoms with E-state index in [2.05, 4.69) is 26.4 Å². The maximum absolute atomic E-state index is 11.3. The van der Waals surface area contributed by atoms with E-state index < -0.39 is 0 Å². The number of aromatic nitrogens is 4. The lowest BCUT2D eigenvalue weighted by atomic mass is 9.44. The number of rotatable bonds is 5. The summed E-state index contributed by atoms with van der Waals surface area (Å²) < 4.78 is 1.54. The molecule has 0 aromatic carbocycles. The van der Waals surface area contributed by atoms with Crippen LogP contribution in [0.1, 0.15) is 28.8 Å². The number of hydrogen-bond acceptors (Lipinski definition) is 7. The number of nitrogens with one attached hydrogen (secondary N) is 1. The molecule has 0 saturated heterocycles. The molecule has 0 bridgehead atoms. The Kier molecular flexibility index (Phi) is 4.23. The molecule has 130 valence electrons. The van der Waals surface area contributed by atoms with Crippen molar-refractivity contribution in [1.82, 2.24) is 19.6 Å². The van der Waals surface area contributed by atoms with Crippen LogP contribution < -0.4 is 10.9 Å². The molecular weight excluding hydrogens is 365 g/mol. The molecule has 0 aliphatic heterocycles. The van der Waals surface area contributed by atoms with Gasteiger partial charge < -0.3 is 5.32 Å². The normalized spacial score (nSPS) is 13.0. The first kappa shape index (κ1) is 17.0. The van der Waals surface area contributed by atoms with Gasteiger partial charge in [0.2, 0.25) is 0 Å². The van der Waals surface area contributed by atoms with Crippen LogP contribution in [0.4, 0.5) is 11.6 Å². The number of fused-ring (bicyclic) bond motifs is 1. The molecule has 1 N–H and O–H groups in total. The van der Waals surface area contributed by atoms with Crippen LogP contribution in [0.5, 0.6) is 0 Å². The lowest BCUT2D eigenvalue weighted by molar-refractivity contribution is 0.112. The van der Waals surface area contributed by atoms with Gasteiger partial charge in [0, 0.05) is 17.8 Å². The summed E-state index contributed by atoms with van der Waals surface area (Å²) in [5, 5.41) is 26.0. The van der Waals surface area contributed by atoms with E-state index in [4.69, 9.17) is 16.9 Å². The summed E-state index contributed by atoms with van der Waals surface area (Å²) in [7, 11) is 0. The molecule has 3 aromatic rings. The van der Waals surface area contributed by atoms with Crippen LogP contribution in [-0.4, -0.2) is 32.6 Å². The fraction of sp³-hybridized carbons (Fsp3) is 0.176. The number of aldehydes is 1. The van der Waals surface area contributed by atoms with Gasteiger partial charge in [-0.3, -0.25) is 4.79 Å². The van der Waals surface area contributed by atoms with E-state index in [1.807, 2.05) is 6.07 Å². The average Bonchev–Trinajstić information content (AvgIpc) is 3.42. The highest BCUT2D eigenvalue weighted by Crippen LogP contribution is 2.38. The van der Waals surface area contributed by atoms with Crippen molar-refractivity contribution >= 4 is 47.5 Å². The largest absolute Gasteiger partial charge is 0.325 e. The number of pyridine rings is 1. The Hall–Kier alpha value is -3.43. The van der Waals surface area contributed by atoms with Crippen molar-refractivity contribution in [2.75, 3.05) is 5.32 Å². The summed E-state index contributed by atoms with van der Waals surface area (Å²) >= 11 is 6.17. The molecule has 1 saturated carbocycles. The van der Waals surface area contributed by atoms with Crippen molar-refractivity contribution in [2.45, 2.75) is 18.7 Å². The predicted molar refractivity (Wildman–Crippen MR) is 99.6 cm³/mol. The maximum atomic E-state index is 11.3. The molecule has 0 radical (unpaired) electrons. The van der Waals surface area contributed by atoms with Crippen molar-refractivity contribution in [3.8, 4) is 12.0 Å². The molecule has 0 unspecified atom stereocenters. The van der Waals surface area contributed by atoms with Crippen molar-refractivity contribution in [1.29, 1.82) is 10.5 Å². The topological polar surface area (TPSA) is 120 Å². The molecule has 0 amide bonds. The third-order valence-corrected chi connectivity index (χ3v) is 4.71. The van der Waals surface area contributed by atoms with Crippen LogP contribution in [-0.2, 0) is 0 Å². The average molecular weight is 376 g/mol. The minimum Gasteiger partial charge on any atom is -0.324 e. The van der Waals surface area contributed by atoms with Gasteiger partial charge in [0.15, 0.2) is 11.9 Å². The van der Waals surface area contributed by atoms with Crippen molar-refractivity contribution < 1.29 is 4.79 Å². The fourth-order valence-corrected chi connectivity index (χ4v) is 3.14. The highest BCUT2D eigenvalue weighted by Gasteiger charge is 2.39. The number of carbonyl (C=O) groups excluding carboxylic acids is 1. The Bertz CT molecular complexity index is 1140. The second-order valence-corrected chi connectivity index (χ2v) is 6.66. The number of halogens is 1. The monoisotopic (exact) mass is 375 g/mol. The standard InChI is InChI=1S/C17H11BClN7O/c19-13-3-10(5-20)6-22-16(13)24-15-4-14(18(9-21)12-1-2-12)26-17(25-15)11(8-27)7-23-26/h3-4,6-8,12H,1-2H2,(H,22,24,25). The Morgan fingerprint density at radius 1 is 1.33 bits per heavy atom. The van der Waals surface area contributed by atoms with Crippen LogP contribution >= 0.6 is 11.6 Å². The third kappa shape index (κ3) is 3.09. The van der Waals surface area contributed by atoms with Gasteiger partial charge in [-0.15, -0.1) is 0 Å². The smallest absolute Gasteiger partial charge is 0.324 e. The molecule has 27 heavy (non-hydrogen) atoms. The first-order valence-electron chi connectivity index (χ1n) is 8.20. The summed E-state index contributed by atoms with van der Waals surface area (Å²) in [4.78, 5) is 19.9. The summed E-state index contributed by atoms with van der Waals surface area (Å²) in [5.74, 6) is 3.32. The first-order valence-corrected chi connectivity index (χ1v) is 8.58. The van der Waals surface area contributed by atoms with Crippen LogP contribution in [0.15, 0.2) is 24.5 Å². The molecule has 1 aliphatic carbocycles. The molecular formula is C17H11BClN7O. The van der Waals surface area contributed by atoms with Crippen molar-refractivity contribution in [2.24, 2.45) is 0 Å². The van der Waals surface area contributed by atoms with Gasteiger partial charge in [0.05, 0.1) is 22.3 Å². The minimum absolute atomic E-state index is 0.264. The zero-order valence-electron chi connectivity index (χ0n) is 13.9. The van der Waals surface area contributed by atoms with Crippen molar-refractivity contribution in [3.05, 3.63) is 40.7 Å². The van der Waals surface area contributed by atoms with Crippen LogP contribution in [0.3, 0.4) is 0 Å². The Labute approximate surface area is 159 Å². The van der Waals surface area contributed by atoms with E-state index in [0.29, 0.717) is 40.3 Å². The number of nitriles is 2. The summed E-state index contributed by atoms with van der Waals surface area (Å²) in [5.41, 5.74) is 1.68. The summed E-state index contributed by atoms with van der Waals surface area (Å²) in [6.45, 7) is -0.347. The quantitative estimate of drug-likeness (QED) is 0.535. The second-order valence-electron chi connectivity index (χ2n) is 6.25. The first-order chi connectivity index (χ1) is 13.1. The Balaban J connectivity index is 1.82. The Morgan fingerprint density at radius 3 is 2.78 bits per heavy atom. The second kappa shape index (κ2) is 6.71. The number of nitrogens with zero attached hydrogens (tertiary/aromatic N) is 6. The van der Waals surface area contributed by atoms with Gasteiger partial charge in [0.1, 0.15) is 17.7 Å². The number of anilines is 2. The van der Waals surface area contributed by atoms with Gasteiger partial charge in [0.25, 0.3) is 0 Å². The lowest BCUT2D eigenvalue weighted by Gasteiger charge is -2.12. The minimum atomic E-state index is -0.347. The van der Waals surface area contributed by atoms with E-state index in [1.165, 1.54) is 23.0 Å². The lowest BCUT2D eigenvalue weighted by Crippen LogP contribution is -2.36. The van der Waals surface area contributed by atoms with Gasteiger partial charge >= 0.3 is 6.71 Å². The Morgan fingerprint density at radius 2 is 2.15 bits per heavy atom. The number of hydrogen-bond donors (Lipinski definition) is 1. The SMILES string of the molecule is N#CB(c1cc(Nc2ncc(C#N)cc2Cl)nc2c(C=O)cnn12)C1CC1. The van der Waals surface area contributed by atoms with Gasteiger partial charge in [-0.2, -0.15) is 10.4 Å². The number of carbonyl (C=O) groups is 1. The highest BCUT2D eigenvalue weighted by molar-refractivity contribution is 6.81. The molecule has 1 fully saturated rings. The van der Waals surface area contributed by atoms with E-state index in [1.54, 1.807) is 6.07 Å². The molecule has 4 rings (SSSR count). The molecule has 1 aliphatic rings. The van der Waals surface area contributed by atoms with E-state index in [-0.39, 0.29) is 17.6 Å². The van der Waals surface area contributed by atoms with Crippen LogP contribution in [0, 0.1) is 22.6 Å². The summed E-state index contributed by atoms with van der Waals surface area (Å²) in [6.07, 6.45) is 5.46. The van der Waals surface area contributed by atoms with Gasteiger partial charge in [-0.05, 0) is 17.9 Å². The van der Waals surface area contributed by atoms with Crippen LogP contribution in [0.25, 0.3) is 5.65 Å². The fourth-order valence-electron chi connectivity index (χ4n) is 2.93.